The largest absolute Gasteiger partial charge is 0.492 e. The van der Waals surface area contributed by atoms with Gasteiger partial charge in [-0.2, -0.15) is 0 Å². The van der Waals surface area contributed by atoms with E-state index in [9.17, 15) is 9.59 Å². The van der Waals surface area contributed by atoms with Gasteiger partial charge < -0.3 is 9.47 Å². The summed E-state index contributed by atoms with van der Waals surface area (Å²) >= 11 is 5.40. The van der Waals surface area contributed by atoms with Crippen LogP contribution in [0, 0.1) is 21.0 Å². The van der Waals surface area contributed by atoms with Gasteiger partial charge in [0.1, 0.15) is 18.1 Å². The molecule has 2 aromatic rings. The van der Waals surface area contributed by atoms with E-state index in [1.165, 1.54) is 4.90 Å². The number of ether oxygens (including phenoxy) is 2. The maximum Gasteiger partial charge on any atom is 0.293 e. The van der Waals surface area contributed by atoms with Crippen LogP contribution >= 0.6 is 56.9 Å². The molecule has 158 valence electrons. The zero-order valence-electron chi connectivity index (χ0n) is 16.8. The Balaban J connectivity index is 1.69. The van der Waals surface area contributed by atoms with Crippen molar-refractivity contribution in [1.29, 1.82) is 0 Å². The Labute approximate surface area is 207 Å². The normalized spacial score (nSPS) is 15.2. The third kappa shape index (κ3) is 5.50. The fourth-order valence-corrected chi connectivity index (χ4v) is 5.89. The van der Waals surface area contributed by atoms with Crippen LogP contribution in [0.25, 0.3) is 6.08 Å². The molecule has 30 heavy (non-hydrogen) atoms. The molecule has 3 rings (SSSR count). The van der Waals surface area contributed by atoms with Gasteiger partial charge in [0.05, 0.1) is 25.2 Å². The maximum absolute atomic E-state index is 12.8. The number of nitrogens with zero attached hydrogens (tertiary/aromatic N) is 1. The first-order chi connectivity index (χ1) is 14.3. The number of aryl methyl sites for hydroxylation is 2. The summed E-state index contributed by atoms with van der Waals surface area (Å²) in [7, 11) is 0. The number of carbonyl (C=O) groups excluding carboxylic acids is 2. The molecule has 0 radical (unpaired) electrons. The predicted octanol–water partition coefficient (Wildman–Crippen LogP) is 6.03. The van der Waals surface area contributed by atoms with Crippen LogP contribution in [0.5, 0.6) is 11.5 Å². The highest BCUT2D eigenvalue weighted by Gasteiger charge is 2.34. The van der Waals surface area contributed by atoms with E-state index in [0.717, 1.165) is 47.1 Å². The summed E-state index contributed by atoms with van der Waals surface area (Å²) in [6.07, 6.45) is 1.76. The third-order valence-corrected chi connectivity index (χ3v) is 6.91. The topological polar surface area (TPSA) is 55.8 Å². The Morgan fingerprint density at radius 1 is 1.07 bits per heavy atom. The van der Waals surface area contributed by atoms with Crippen LogP contribution in [0.15, 0.2) is 35.2 Å². The Morgan fingerprint density at radius 2 is 1.77 bits per heavy atom. The van der Waals surface area contributed by atoms with E-state index in [-0.39, 0.29) is 24.3 Å². The van der Waals surface area contributed by atoms with E-state index >= 15 is 0 Å². The summed E-state index contributed by atoms with van der Waals surface area (Å²) < 4.78 is 13.4. The number of thioether (sulfide) groups is 1. The molecule has 0 atom stereocenters. The molecule has 1 heterocycles. The van der Waals surface area contributed by atoms with Crippen molar-refractivity contribution in [2.45, 2.75) is 20.8 Å². The van der Waals surface area contributed by atoms with Gasteiger partial charge in [0, 0.05) is 0 Å². The first-order valence-electron chi connectivity index (χ1n) is 9.37. The fourth-order valence-electron chi connectivity index (χ4n) is 2.90. The highest BCUT2D eigenvalue weighted by molar-refractivity contribution is 14.1. The molecular formula is C22H21I2NO4S. The monoisotopic (exact) mass is 649 g/mol. The highest BCUT2D eigenvalue weighted by atomic mass is 127. The van der Waals surface area contributed by atoms with Crippen molar-refractivity contribution in [3.63, 3.8) is 0 Å². The first kappa shape index (κ1) is 23.4. The summed E-state index contributed by atoms with van der Waals surface area (Å²) in [5.74, 6) is 1.33. The molecule has 2 aromatic carbocycles. The van der Waals surface area contributed by atoms with Crippen molar-refractivity contribution in [3.05, 3.63) is 59.1 Å². The van der Waals surface area contributed by atoms with E-state index < -0.39 is 0 Å². The van der Waals surface area contributed by atoms with Crippen molar-refractivity contribution >= 4 is 74.2 Å². The van der Waals surface area contributed by atoms with Crippen molar-refractivity contribution < 1.29 is 19.1 Å². The van der Waals surface area contributed by atoms with Crippen molar-refractivity contribution in [2.24, 2.45) is 0 Å². The Hall–Kier alpha value is -1.27. The lowest BCUT2D eigenvalue weighted by atomic mass is 10.1. The molecule has 0 spiro atoms. The van der Waals surface area contributed by atoms with E-state index in [1.807, 2.05) is 51.1 Å². The second-order valence-electron chi connectivity index (χ2n) is 6.70. The summed E-state index contributed by atoms with van der Waals surface area (Å²) in [5.41, 5.74) is 2.99. The lowest BCUT2D eigenvalue weighted by Gasteiger charge is -2.14. The molecule has 1 aliphatic heterocycles. The molecule has 0 unspecified atom stereocenters. The van der Waals surface area contributed by atoms with Gasteiger partial charge in [0.2, 0.25) is 0 Å². The van der Waals surface area contributed by atoms with Gasteiger partial charge in [-0.25, -0.2) is 0 Å². The summed E-state index contributed by atoms with van der Waals surface area (Å²) in [5, 5.41) is -0.272. The van der Waals surface area contributed by atoms with Crippen LogP contribution in [0.1, 0.15) is 23.6 Å². The van der Waals surface area contributed by atoms with Crippen LogP contribution in [0.2, 0.25) is 0 Å². The van der Waals surface area contributed by atoms with Gasteiger partial charge in [0.25, 0.3) is 11.1 Å². The van der Waals surface area contributed by atoms with Gasteiger partial charge in [-0.3, -0.25) is 14.5 Å². The lowest BCUT2D eigenvalue weighted by molar-refractivity contribution is -0.123. The molecule has 2 amide bonds. The predicted molar refractivity (Wildman–Crippen MR) is 137 cm³/mol. The minimum absolute atomic E-state index is 0.216. The molecule has 1 saturated heterocycles. The van der Waals surface area contributed by atoms with E-state index in [0.29, 0.717) is 11.5 Å². The molecule has 5 nitrogen and oxygen atoms in total. The summed E-state index contributed by atoms with van der Waals surface area (Å²) in [6, 6.07) is 9.87. The number of carbonyl (C=O) groups is 2. The third-order valence-electron chi connectivity index (χ3n) is 4.40. The number of halogens is 2. The molecule has 0 saturated carbocycles. The zero-order valence-corrected chi connectivity index (χ0v) is 22.0. The number of amides is 2. The fraction of sp³-hybridized carbons (Fsp3) is 0.273. The van der Waals surface area contributed by atoms with E-state index in [4.69, 9.17) is 9.47 Å². The first-order valence-corrected chi connectivity index (χ1v) is 12.3. The highest BCUT2D eigenvalue weighted by Crippen LogP contribution is 2.34. The SMILES string of the molecule is CCOc1c(I)cc(/C=C2\SC(=O)N(CCOc3cc(C)ccc3C)C2=O)cc1I. The Bertz CT molecular complexity index is 999. The minimum atomic E-state index is -0.284. The Kier molecular flexibility index (Phi) is 8.08. The van der Waals surface area contributed by atoms with Crippen LogP contribution in [0.4, 0.5) is 4.79 Å². The average molecular weight is 649 g/mol. The summed E-state index contributed by atoms with van der Waals surface area (Å²) in [6.45, 7) is 6.98. The van der Waals surface area contributed by atoms with Gasteiger partial charge >= 0.3 is 0 Å². The number of benzene rings is 2. The maximum atomic E-state index is 12.8. The molecular weight excluding hydrogens is 628 g/mol. The van der Waals surface area contributed by atoms with Crippen molar-refractivity contribution in [2.75, 3.05) is 19.8 Å². The number of imide groups is 1. The van der Waals surface area contributed by atoms with Crippen LogP contribution in [-0.2, 0) is 4.79 Å². The lowest BCUT2D eigenvalue weighted by Crippen LogP contribution is -2.32. The van der Waals surface area contributed by atoms with Crippen LogP contribution in [-0.4, -0.2) is 35.8 Å². The molecule has 0 aromatic heterocycles. The molecule has 0 N–H and O–H groups in total. The molecule has 8 heteroatoms. The summed E-state index contributed by atoms with van der Waals surface area (Å²) in [4.78, 5) is 26.8. The van der Waals surface area contributed by atoms with E-state index in [2.05, 4.69) is 45.2 Å². The quantitative estimate of drug-likeness (QED) is 0.271. The van der Waals surface area contributed by atoms with Crippen molar-refractivity contribution in [3.8, 4) is 11.5 Å². The molecule has 0 bridgehead atoms. The van der Waals surface area contributed by atoms with Gasteiger partial charge in [0.15, 0.2) is 0 Å². The van der Waals surface area contributed by atoms with Crippen LogP contribution in [0.3, 0.4) is 0 Å². The van der Waals surface area contributed by atoms with Gasteiger partial charge in [-0.05, 0) is 119 Å². The van der Waals surface area contributed by atoms with Crippen molar-refractivity contribution in [1.82, 2.24) is 4.90 Å². The Morgan fingerprint density at radius 3 is 2.43 bits per heavy atom. The zero-order chi connectivity index (χ0) is 21.8. The second kappa shape index (κ2) is 10.4. The van der Waals surface area contributed by atoms with E-state index in [1.54, 1.807) is 6.08 Å². The van der Waals surface area contributed by atoms with Gasteiger partial charge in [-0.1, -0.05) is 12.1 Å². The molecule has 1 fully saturated rings. The average Bonchev–Trinajstić information content (AvgIpc) is 2.94. The van der Waals surface area contributed by atoms with Crippen LogP contribution < -0.4 is 9.47 Å². The second-order valence-corrected chi connectivity index (χ2v) is 10.0. The smallest absolute Gasteiger partial charge is 0.293 e. The number of hydrogen-bond acceptors (Lipinski definition) is 5. The number of hydrogen-bond donors (Lipinski definition) is 0. The number of rotatable bonds is 7. The van der Waals surface area contributed by atoms with Gasteiger partial charge in [-0.15, -0.1) is 0 Å². The molecule has 0 aliphatic carbocycles. The standard InChI is InChI=1S/C22H21I2NO4S/c1-4-28-20-16(23)10-15(11-17(20)24)12-19-21(26)25(22(27)30-19)7-8-29-18-9-13(2)5-6-14(18)3/h5-6,9-12H,4,7-8H2,1-3H3/b19-12-. The minimum Gasteiger partial charge on any atom is -0.492 e. The molecule has 1 aliphatic rings.